The number of carbonyl (C=O) groups excluding carboxylic acids is 1. The van der Waals surface area contributed by atoms with E-state index in [1.165, 1.54) is 51.4 Å². The summed E-state index contributed by atoms with van der Waals surface area (Å²) >= 11 is 0. The van der Waals surface area contributed by atoms with Crippen molar-refractivity contribution in [2.45, 2.75) is 58.3 Å². The van der Waals surface area contributed by atoms with Crippen molar-refractivity contribution in [3.63, 3.8) is 0 Å². The van der Waals surface area contributed by atoms with Gasteiger partial charge in [0.2, 0.25) is 0 Å². The fourth-order valence-electron chi connectivity index (χ4n) is 3.56. The Morgan fingerprint density at radius 3 is 2.39 bits per heavy atom. The summed E-state index contributed by atoms with van der Waals surface area (Å²) in [6.07, 6.45) is 20.7. The lowest BCUT2D eigenvalue weighted by molar-refractivity contribution is -0.109. The van der Waals surface area contributed by atoms with E-state index in [1.54, 1.807) is 0 Å². The largest absolute Gasteiger partial charge is 0.302 e. The molecule has 2 rings (SSSR count). The number of aldehydes is 1. The van der Waals surface area contributed by atoms with Gasteiger partial charge in [0.1, 0.15) is 6.29 Å². The second-order valence-electron chi connectivity index (χ2n) is 5.98. The molecule has 1 fully saturated rings. The van der Waals surface area contributed by atoms with Gasteiger partial charge >= 0.3 is 0 Å². The minimum Gasteiger partial charge on any atom is -0.302 e. The summed E-state index contributed by atoms with van der Waals surface area (Å²) < 4.78 is 0. The van der Waals surface area contributed by atoms with E-state index in [-0.39, 0.29) is 11.3 Å². The van der Waals surface area contributed by atoms with E-state index in [0.717, 1.165) is 12.2 Å². The van der Waals surface area contributed by atoms with Gasteiger partial charge in [0.15, 0.2) is 0 Å². The molecule has 2 aliphatic rings. The lowest BCUT2D eigenvalue weighted by atomic mass is 9.64. The van der Waals surface area contributed by atoms with E-state index in [4.69, 9.17) is 0 Å². The highest BCUT2D eigenvalue weighted by atomic mass is 16.1. The van der Waals surface area contributed by atoms with E-state index in [2.05, 4.69) is 31.2 Å². The van der Waals surface area contributed by atoms with Crippen LogP contribution in [0.5, 0.6) is 0 Å². The molecule has 0 radical (unpaired) electrons. The smallest absolute Gasteiger partial charge is 0.130 e. The first-order valence-corrected chi connectivity index (χ1v) is 7.65. The van der Waals surface area contributed by atoms with Gasteiger partial charge in [-0.1, -0.05) is 63.3 Å². The number of allylic oxidation sites excluding steroid dienone is 4. The topological polar surface area (TPSA) is 17.1 Å². The number of carbonyl (C=O) groups is 1. The maximum Gasteiger partial charge on any atom is 0.130 e. The van der Waals surface area contributed by atoms with Crippen molar-refractivity contribution < 1.29 is 4.79 Å². The highest BCUT2D eigenvalue weighted by molar-refractivity contribution is 5.60. The third-order valence-electron chi connectivity index (χ3n) is 4.74. The molecule has 0 N–H and O–H groups in total. The molecule has 0 aromatic heterocycles. The van der Waals surface area contributed by atoms with Crippen molar-refractivity contribution in [3.05, 3.63) is 24.3 Å². The van der Waals surface area contributed by atoms with Crippen molar-refractivity contribution in [1.29, 1.82) is 0 Å². The zero-order valence-corrected chi connectivity index (χ0v) is 11.6. The van der Waals surface area contributed by atoms with Crippen LogP contribution in [0, 0.1) is 17.3 Å². The van der Waals surface area contributed by atoms with Crippen LogP contribution in [0.2, 0.25) is 0 Å². The van der Waals surface area contributed by atoms with Crippen molar-refractivity contribution in [2.24, 2.45) is 17.3 Å². The molecular weight excluding hydrogens is 220 g/mol. The molecule has 0 saturated heterocycles. The van der Waals surface area contributed by atoms with Gasteiger partial charge in [-0.05, 0) is 25.2 Å². The average Bonchev–Trinajstić information content (AvgIpc) is 2.46. The molecule has 100 valence electrons. The summed E-state index contributed by atoms with van der Waals surface area (Å²) in [4.78, 5) is 10.9. The second kappa shape index (κ2) is 6.36. The van der Waals surface area contributed by atoms with Gasteiger partial charge in [-0.2, -0.15) is 0 Å². The Morgan fingerprint density at radius 1 is 1.17 bits per heavy atom. The zero-order valence-electron chi connectivity index (χ0n) is 11.6. The van der Waals surface area contributed by atoms with Crippen LogP contribution >= 0.6 is 0 Å². The van der Waals surface area contributed by atoms with Gasteiger partial charge < -0.3 is 4.79 Å². The van der Waals surface area contributed by atoms with Gasteiger partial charge in [-0.25, -0.2) is 0 Å². The molecule has 0 atom stereocenters. The van der Waals surface area contributed by atoms with E-state index in [1.807, 2.05) is 0 Å². The minimum atomic E-state index is 0.0170. The van der Waals surface area contributed by atoms with Gasteiger partial charge in [0.05, 0.1) is 5.92 Å². The highest BCUT2D eigenvalue weighted by Crippen LogP contribution is 2.46. The summed E-state index contributed by atoms with van der Waals surface area (Å²) in [6.45, 7) is 2.26. The van der Waals surface area contributed by atoms with Crippen molar-refractivity contribution >= 4 is 6.29 Å². The molecule has 0 bridgehead atoms. The minimum absolute atomic E-state index is 0.0170. The fraction of sp³-hybridized carbons (Fsp3) is 0.706. The van der Waals surface area contributed by atoms with E-state index < -0.39 is 0 Å². The van der Waals surface area contributed by atoms with E-state index >= 15 is 0 Å². The third-order valence-corrected chi connectivity index (χ3v) is 4.74. The molecule has 18 heavy (non-hydrogen) atoms. The number of hydrogen-bond acceptors (Lipinski definition) is 1. The Balaban J connectivity index is 2.13. The normalized spacial score (nSPS) is 32.6. The molecule has 1 heteroatoms. The van der Waals surface area contributed by atoms with Crippen LogP contribution in [-0.4, -0.2) is 6.29 Å². The van der Waals surface area contributed by atoms with Gasteiger partial charge in [0, 0.05) is 5.41 Å². The monoisotopic (exact) mass is 246 g/mol. The maximum atomic E-state index is 10.9. The molecule has 0 aromatic rings. The quantitative estimate of drug-likeness (QED) is 0.508. The molecule has 0 heterocycles. The third kappa shape index (κ3) is 2.93. The number of hydrogen-bond donors (Lipinski definition) is 0. The zero-order chi connectivity index (χ0) is 12.8. The fourth-order valence-corrected chi connectivity index (χ4v) is 3.56. The first-order chi connectivity index (χ1) is 8.80. The first-order valence-electron chi connectivity index (χ1n) is 7.65. The lowest BCUT2D eigenvalue weighted by Crippen LogP contribution is -2.30. The molecule has 0 aromatic carbocycles. The number of unbranched alkanes of at least 4 members (excludes halogenated alkanes) is 1. The summed E-state index contributed by atoms with van der Waals surface area (Å²) in [5.41, 5.74) is 0.260. The first kappa shape index (κ1) is 13.6. The predicted molar refractivity (Wildman–Crippen MR) is 76.4 cm³/mol. The Labute approximate surface area is 111 Å². The summed E-state index contributed by atoms with van der Waals surface area (Å²) in [5, 5.41) is 0. The van der Waals surface area contributed by atoms with Gasteiger partial charge in [0.25, 0.3) is 0 Å². The van der Waals surface area contributed by atoms with Crippen LogP contribution in [0.3, 0.4) is 0 Å². The molecule has 1 nitrogen and oxygen atoms in total. The van der Waals surface area contributed by atoms with Gasteiger partial charge in [-0.3, -0.25) is 0 Å². The summed E-state index contributed by atoms with van der Waals surface area (Å²) in [7, 11) is 0. The second-order valence-corrected chi connectivity index (χ2v) is 5.98. The Morgan fingerprint density at radius 2 is 1.83 bits per heavy atom. The molecule has 0 spiro atoms. The van der Waals surface area contributed by atoms with Crippen LogP contribution in [0.25, 0.3) is 0 Å². The maximum absolute atomic E-state index is 10.9. The van der Waals surface area contributed by atoms with Crippen LogP contribution in [0.1, 0.15) is 58.3 Å². The van der Waals surface area contributed by atoms with E-state index in [9.17, 15) is 4.79 Å². The Kier molecular flexibility index (Phi) is 4.79. The van der Waals surface area contributed by atoms with Crippen molar-refractivity contribution in [2.75, 3.05) is 0 Å². The lowest BCUT2D eigenvalue weighted by Gasteiger charge is -2.40. The molecule has 1 saturated carbocycles. The van der Waals surface area contributed by atoms with Crippen LogP contribution in [0.4, 0.5) is 0 Å². The van der Waals surface area contributed by atoms with Crippen LogP contribution in [-0.2, 0) is 4.79 Å². The predicted octanol–water partition coefficient (Wildman–Crippen LogP) is 4.68. The molecule has 2 aliphatic carbocycles. The number of rotatable bonds is 5. The SMILES string of the molecule is CCCCC1(C2CCCCC2)C=CC(C=O)C=C1. The summed E-state index contributed by atoms with van der Waals surface area (Å²) in [6, 6.07) is 0. The molecule has 0 amide bonds. The van der Waals surface area contributed by atoms with Gasteiger partial charge in [-0.15, -0.1) is 0 Å². The highest BCUT2D eigenvalue weighted by Gasteiger charge is 2.35. The molecular formula is C17H26O. The van der Waals surface area contributed by atoms with Crippen LogP contribution < -0.4 is 0 Å². The Bertz CT molecular complexity index is 307. The van der Waals surface area contributed by atoms with E-state index in [0.29, 0.717) is 0 Å². The summed E-state index contributed by atoms with van der Waals surface area (Å²) in [5.74, 6) is 0.821. The van der Waals surface area contributed by atoms with Crippen molar-refractivity contribution in [3.8, 4) is 0 Å². The molecule has 0 aliphatic heterocycles. The molecule has 0 unspecified atom stereocenters. The Hall–Kier alpha value is -0.850. The average molecular weight is 246 g/mol. The van der Waals surface area contributed by atoms with Crippen LogP contribution in [0.15, 0.2) is 24.3 Å². The standard InChI is InChI=1S/C17H26O/c1-2-3-11-17(16-7-5-4-6-8-16)12-9-15(14-18)10-13-17/h9-10,12-16H,2-8,11H2,1H3. The van der Waals surface area contributed by atoms with Crippen molar-refractivity contribution in [1.82, 2.24) is 0 Å².